The van der Waals surface area contributed by atoms with Crippen LogP contribution < -0.4 is 0 Å². The number of aromatic nitrogens is 2. The summed E-state index contributed by atoms with van der Waals surface area (Å²) in [7, 11) is 0. The quantitative estimate of drug-likeness (QED) is 0.440. The predicted molar refractivity (Wildman–Crippen MR) is 132 cm³/mol. The number of aliphatic hydroxyl groups is 2. The van der Waals surface area contributed by atoms with Gasteiger partial charge in [0.05, 0.1) is 35.4 Å². The minimum Gasteiger partial charge on any atom is -0.460 e. The van der Waals surface area contributed by atoms with Crippen molar-refractivity contribution in [2.24, 2.45) is 0 Å². The summed E-state index contributed by atoms with van der Waals surface area (Å²) in [5, 5.41) is 20.8. The molecule has 6 nitrogen and oxygen atoms in total. The standard InChI is InChI=1S/C27H33FN2O4/c1-17(2)30-22(13-12-20(31)15-21(32)16-24(33)34-27(3,4)5)25(18-8-10-19(28)11-9-18)26-23(30)7-6-14-29-26/h6-14,17,20-21,31-32H,15-16H2,1-5H3. The number of aliphatic hydroxyl groups excluding tert-OH is 2. The summed E-state index contributed by atoms with van der Waals surface area (Å²) in [4.78, 5) is 16.5. The molecule has 0 amide bonds. The van der Waals surface area contributed by atoms with Crippen LogP contribution in [-0.4, -0.2) is 43.5 Å². The summed E-state index contributed by atoms with van der Waals surface area (Å²) < 4.78 is 20.9. The Morgan fingerprint density at radius 3 is 2.47 bits per heavy atom. The number of carbonyl (C=O) groups is 1. The van der Waals surface area contributed by atoms with Gasteiger partial charge in [-0.05, 0) is 70.5 Å². The Morgan fingerprint density at radius 1 is 1.18 bits per heavy atom. The van der Waals surface area contributed by atoms with Crippen LogP contribution >= 0.6 is 0 Å². The highest BCUT2D eigenvalue weighted by Gasteiger charge is 2.22. The minimum absolute atomic E-state index is 0.0121. The van der Waals surface area contributed by atoms with Gasteiger partial charge in [0.25, 0.3) is 0 Å². The molecule has 0 fully saturated rings. The molecular weight excluding hydrogens is 435 g/mol. The number of benzene rings is 1. The van der Waals surface area contributed by atoms with Crippen LogP contribution in [0.15, 0.2) is 48.7 Å². The van der Waals surface area contributed by atoms with Crippen molar-refractivity contribution in [2.75, 3.05) is 0 Å². The molecular formula is C27H33FN2O4. The summed E-state index contributed by atoms with van der Waals surface area (Å²) in [6.45, 7) is 9.39. The lowest BCUT2D eigenvalue weighted by molar-refractivity contribution is -0.157. The van der Waals surface area contributed by atoms with Gasteiger partial charge in [-0.15, -0.1) is 0 Å². The molecule has 7 heteroatoms. The van der Waals surface area contributed by atoms with Crippen molar-refractivity contribution < 1.29 is 24.1 Å². The topological polar surface area (TPSA) is 84.6 Å². The molecule has 1 aromatic carbocycles. The molecule has 0 spiro atoms. The number of pyridine rings is 1. The van der Waals surface area contributed by atoms with Gasteiger partial charge in [0.1, 0.15) is 11.4 Å². The van der Waals surface area contributed by atoms with Crippen LogP contribution in [0.25, 0.3) is 28.2 Å². The molecule has 34 heavy (non-hydrogen) atoms. The molecule has 3 rings (SSSR count). The fourth-order valence-electron chi connectivity index (χ4n) is 3.99. The van der Waals surface area contributed by atoms with Gasteiger partial charge in [-0.25, -0.2) is 4.39 Å². The number of ether oxygens (including phenoxy) is 1. The maximum Gasteiger partial charge on any atom is 0.308 e. The zero-order valence-electron chi connectivity index (χ0n) is 20.3. The first-order valence-corrected chi connectivity index (χ1v) is 11.5. The van der Waals surface area contributed by atoms with Gasteiger partial charge in [-0.2, -0.15) is 0 Å². The Hall–Kier alpha value is -3.03. The lowest BCUT2D eigenvalue weighted by Gasteiger charge is -2.21. The van der Waals surface area contributed by atoms with Gasteiger partial charge in [0.15, 0.2) is 0 Å². The Bertz CT molecular complexity index is 1160. The normalized spacial score (nSPS) is 14.1. The van der Waals surface area contributed by atoms with Crippen LogP contribution in [0.2, 0.25) is 0 Å². The first kappa shape index (κ1) is 25.6. The van der Waals surface area contributed by atoms with E-state index in [4.69, 9.17) is 4.74 Å². The second kappa shape index (κ2) is 10.5. The summed E-state index contributed by atoms with van der Waals surface area (Å²) in [6.07, 6.45) is 2.88. The number of esters is 1. The van der Waals surface area contributed by atoms with E-state index < -0.39 is 23.8 Å². The summed E-state index contributed by atoms with van der Waals surface area (Å²) in [6, 6.07) is 10.2. The monoisotopic (exact) mass is 468 g/mol. The fraction of sp³-hybridized carbons (Fsp3) is 0.407. The Balaban J connectivity index is 1.91. The molecule has 0 aliphatic carbocycles. The highest BCUT2D eigenvalue weighted by molar-refractivity contribution is 5.98. The highest BCUT2D eigenvalue weighted by Crippen LogP contribution is 2.36. The van der Waals surface area contributed by atoms with E-state index in [2.05, 4.69) is 23.4 Å². The summed E-state index contributed by atoms with van der Waals surface area (Å²) in [5.74, 6) is -0.837. The average molecular weight is 469 g/mol. The molecule has 2 N–H and O–H groups in total. The van der Waals surface area contributed by atoms with Gasteiger partial charge >= 0.3 is 5.97 Å². The van der Waals surface area contributed by atoms with E-state index in [0.717, 1.165) is 27.9 Å². The first-order chi connectivity index (χ1) is 16.0. The van der Waals surface area contributed by atoms with Gasteiger partial charge < -0.3 is 19.5 Å². The highest BCUT2D eigenvalue weighted by atomic mass is 19.1. The third-order valence-corrected chi connectivity index (χ3v) is 5.26. The number of hydrogen-bond donors (Lipinski definition) is 2. The number of fused-ring (bicyclic) bond motifs is 1. The minimum atomic E-state index is -1.04. The van der Waals surface area contributed by atoms with Crippen molar-refractivity contribution in [3.8, 4) is 11.1 Å². The van der Waals surface area contributed by atoms with Gasteiger partial charge in [0.2, 0.25) is 0 Å². The predicted octanol–water partition coefficient (Wildman–Crippen LogP) is 5.28. The molecule has 3 aromatic rings. The maximum absolute atomic E-state index is 13.6. The molecule has 0 bridgehead atoms. The van der Waals surface area contributed by atoms with Crippen molar-refractivity contribution >= 4 is 23.1 Å². The van der Waals surface area contributed by atoms with Crippen LogP contribution in [-0.2, 0) is 9.53 Å². The van der Waals surface area contributed by atoms with E-state index in [-0.39, 0.29) is 24.7 Å². The fourth-order valence-corrected chi connectivity index (χ4v) is 3.99. The number of rotatable bonds is 8. The van der Waals surface area contributed by atoms with Crippen LogP contribution in [0.5, 0.6) is 0 Å². The summed E-state index contributed by atoms with van der Waals surface area (Å²) in [5.41, 5.74) is 3.53. The zero-order valence-corrected chi connectivity index (χ0v) is 20.3. The lowest BCUT2D eigenvalue weighted by Crippen LogP contribution is -2.27. The van der Waals surface area contributed by atoms with Gasteiger partial charge in [-0.1, -0.05) is 18.2 Å². The van der Waals surface area contributed by atoms with E-state index in [0.29, 0.717) is 0 Å². The molecule has 0 aliphatic rings. The molecule has 2 unspecified atom stereocenters. The third kappa shape index (κ3) is 6.30. The molecule has 0 saturated heterocycles. The van der Waals surface area contributed by atoms with Gasteiger partial charge in [-0.3, -0.25) is 9.78 Å². The SMILES string of the molecule is CC(C)n1c(C=CC(O)CC(O)CC(=O)OC(C)(C)C)c(-c2ccc(F)cc2)c2ncccc21. The van der Waals surface area contributed by atoms with Crippen molar-refractivity contribution in [1.29, 1.82) is 0 Å². The smallest absolute Gasteiger partial charge is 0.308 e. The van der Waals surface area contributed by atoms with Crippen molar-refractivity contribution in [3.05, 3.63) is 60.2 Å². The first-order valence-electron chi connectivity index (χ1n) is 11.5. The number of nitrogens with zero attached hydrogens (tertiary/aromatic N) is 2. The second-order valence-corrected chi connectivity index (χ2v) is 9.71. The van der Waals surface area contributed by atoms with Crippen molar-refractivity contribution in [1.82, 2.24) is 9.55 Å². The van der Waals surface area contributed by atoms with E-state index in [1.54, 1.807) is 51.3 Å². The van der Waals surface area contributed by atoms with Crippen LogP contribution in [0.1, 0.15) is 59.2 Å². The Kier molecular flexibility index (Phi) is 7.89. The van der Waals surface area contributed by atoms with Crippen LogP contribution in [0.4, 0.5) is 4.39 Å². The molecule has 0 radical (unpaired) electrons. The number of halogens is 1. The zero-order chi connectivity index (χ0) is 25.0. The van der Waals surface area contributed by atoms with E-state index in [1.807, 2.05) is 12.1 Å². The second-order valence-electron chi connectivity index (χ2n) is 9.71. The number of hydrogen-bond acceptors (Lipinski definition) is 5. The molecule has 182 valence electrons. The van der Waals surface area contributed by atoms with Crippen molar-refractivity contribution in [3.63, 3.8) is 0 Å². The van der Waals surface area contributed by atoms with E-state index in [1.165, 1.54) is 12.1 Å². The summed E-state index contributed by atoms with van der Waals surface area (Å²) >= 11 is 0. The Labute approximate surface area is 199 Å². The lowest BCUT2D eigenvalue weighted by atomic mass is 10.0. The molecule has 0 saturated carbocycles. The average Bonchev–Trinajstić information content (AvgIpc) is 3.05. The largest absolute Gasteiger partial charge is 0.460 e. The molecule has 2 heterocycles. The Morgan fingerprint density at radius 2 is 1.85 bits per heavy atom. The molecule has 0 aliphatic heterocycles. The molecule has 2 atom stereocenters. The molecule has 2 aromatic heterocycles. The van der Waals surface area contributed by atoms with E-state index >= 15 is 0 Å². The van der Waals surface area contributed by atoms with Crippen LogP contribution in [0.3, 0.4) is 0 Å². The van der Waals surface area contributed by atoms with Crippen LogP contribution in [0, 0.1) is 5.82 Å². The van der Waals surface area contributed by atoms with Crippen molar-refractivity contribution in [2.45, 2.75) is 71.3 Å². The third-order valence-electron chi connectivity index (χ3n) is 5.26. The maximum atomic E-state index is 13.6. The number of carbonyl (C=O) groups excluding carboxylic acids is 1. The van der Waals surface area contributed by atoms with Gasteiger partial charge in [0, 0.05) is 24.2 Å². The van der Waals surface area contributed by atoms with E-state index in [9.17, 15) is 19.4 Å².